The van der Waals surface area contributed by atoms with E-state index in [0.717, 1.165) is 19.3 Å². The number of rotatable bonds is 4. The molecule has 0 aliphatic heterocycles. The standard InChI is InChI=1S/C23H27.2ClH.Hf/c1-5-8-18-15(2)22-19(21(18)17-9-6-7-10-17)13-11-16-12-14-20(16)23(22,3)4;;;/h6-7,9,11,13H,5,8,10,12,14H2,1-4H3;2*1H;/q;;;+2/p-2. The summed E-state index contributed by atoms with van der Waals surface area (Å²) < 4.78 is -0.161. The monoisotopic (exact) mass is 553 g/mol. The van der Waals surface area contributed by atoms with Crippen molar-refractivity contribution in [3.63, 3.8) is 0 Å². The maximum atomic E-state index is 7.07. The fourth-order valence-electron chi connectivity index (χ4n) is 5.68. The van der Waals surface area contributed by atoms with Crippen LogP contribution in [0.3, 0.4) is 0 Å². The van der Waals surface area contributed by atoms with E-state index in [4.69, 9.17) is 17.2 Å². The van der Waals surface area contributed by atoms with Crippen molar-refractivity contribution >= 4 is 17.2 Å². The second-order valence-electron chi connectivity index (χ2n) is 8.44. The summed E-state index contributed by atoms with van der Waals surface area (Å²) in [6, 6.07) is 0. The molecule has 0 amide bonds. The molecule has 4 aliphatic carbocycles. The Hall–Kier alpha value is -0.110. The Bertz CT molecular complexity index is 845. The Morgan fingerprint density at radius 2 is 1.92 bits per heavy atom. The normalized spacial score (nSPS) is 28.9. The van der Waals surface area contributed by atoms with Gasteiger partial charge < -0.3 is 0 Å². The van der Waals surface area contributed by atoms with Crippen molar-refractivity contribution in [2.75, 3.05) is 0 Å². The van der Waals surface area contributed by atoms with E-state index in [1.54, 1.807) is 5.57 Å². The molecule has 0 saturated carbocycles. The van der Waals surface area contributed by atoms with Gasteiger partial charge in [-0.3, -0.25) is 0 Å². The quantitative estimate of drug-likeness (QED) is 0.309. The van der Waals surface area contributed by atoms with Gasteiger partial charge in [-0.2, -0.15) is 0 Å². The molecule has 0 nitrogen and oxygen atoms in total. The van der Waals surface area contributed by atoms with Crippen molar-refractivity contribution in [1.82, 2.24) is 0 Å². The zero-order valence-corrected chi connectivity index (χ0v) is 21.3. The van der Waals surface area contributed by atoms with Crippen molar-refractivity contribution in [2.45, 2.75) is 63.0 Å². The van der Waals surface area contributed by atoms with Crippen molar-refractivity contribution < 1.29 is 19.1 Å². The van der Waals surface area contributed by atoms with Crippen LogP contribution in [0.5, 0.6) is 0 Å². The Morgan fingerprint density at radius 1 is 1.15 bits per heavy atom. The molecule has 4 rings (SSSR count). The summed E-state index contributed by atoms with van der Waals surface area (Å²) in [5.74, 6) is 0. The van der Waals surface area contributed by atoms with Gasteiger partial charge in [0.15, 0.2) is 0 Å². The minimum absolute atomic E-state index is 0.0822. The molecule has 0 aromatic carbocycles. The summed E-state index contributed by atoms with van der Waals surface area (Å²) in [6.45, 7) is 9.45. The summed E-state index contributed by atoms with van der Waals surface area (Å²) in [7, 11) is 14.1. The third kappa shape index (κ3) is 2.42. The van der Waals surface area contributed by atoms with Crippen LogP contribution in [0.2, 0.25) is 3.17 Å². The van der Waals surface area contributed by atoms with Crippen LogP contribution in [0.25, 0.3) is 0 Å². The summed E-state index contributed by atoms with van der Waals surface area (Å²) in [6.07, 6.45) is 17.2. The van der Waals surface area contributed by atoms with Gasteiger partial charge >= 0.3 is 174 Å². The summed E-state index contributed by atoms with van der Waals surface area (Å²) >= 11 is -2.93. The van der Waals surface area contributed by atoms with Crippen LogP contribution in [0.15, 0.2) is 69.4 Å². The first-order chi connectivity index (χ1) is 12.4. The van der Waals surface area contributed by atoms with Gasteiger partial charge in [0.2, 0.25) is 0 Å². The molecule has 0 aromatic heterocycles. The van der Waals surface area contributed by atoms with Gasteiger partial charge in [0, 0.05) is 0 Å². The van der Waals surface area contributed by atoms with Gasteiger partial charge in [-0.15, -0.1) is 0 Å². The third-order valence-electron chi connectivity index (χ3n) is 6.85. The Kier molecular flexibility index (Phi) is 4.99. The predicted molar refractivity (Wildman–Crippen MR) is 110 cm³/mol. The Labute approximate surface area is 173 Å². The predicted octanol–water partition coefficient (Wildman–Crippen LogP) is 8.07. The van der Waals surface area contributed by atoms with E-state index >= 15 is 0 Å². The summed E-state index contributed by atoms with van der Waals surface area (Å²) in [5, 5.41) is 0. The molecule has 1 unspecified atom stereocenters. The molecule has 0 saturated heterocycles. The molecule has 0 spiro atoms. The van der Waals surface area contributed by atoms with Crippen LogP contribution in [-0.2, 0) is 19.1 Å². The fraction of sp³-hybridized carbons (Fsp3) is 0.478. The second-order valence-corrected chi connectivity index (χ2v) is 20.8. The topological polar surface area (TPSA) is 0 Å². The third-order valence-corrected chi connectivity index (χ3v) is 16.7. The molecular formula is C23H27Cl2Hf. The molecule has 3 heteroatoms. The van der Waals surface area contributed by atoms with Gasteiger partial charge in [-0.25, -0.2) is 0 Å². The first-order valence-corrected chi connectivity index (χ1v) is 20.5. The van der Waals surface area contributed by atoms with Crippen LogP contribution in [0.1, 0.15) is 59.8 Å². The van der Waals surface area contributed by atoms with E-state index in [1.807, 2.05) is 0 Å². The summed E-state index contributed by atoms with van der Waals surface area (Å²) in [4.78, 5) is 0. The van der Waals surface area contributed by atoms with Crippen LogP contribution in [0.4, 0.5) is 0 Å². The molecule has 26 heavy (non-hydrogen) atoms. The molecule has 4 aliphatic rings. The first kappa shape index (κ1) is 19.2. The number of halogens is 2. The van der Waals surface area contributed by atoms with Crippen LogP contribution in [-0.4, -0.2) is 0 Å². The van der Waals surface area contributed by atoms with E-state index < -0.39 is 19.1 Å². The van der Waals surface area contributed by atoms with E-state index in [1.165, 1.54) is 46.3 Å². The molecule has 137 valence electrons. The minimum atomic E-state index is -2.93. The second kappa shape index (κ2) is 6.75. The maximum absolute atomic E-state index is 7.07. The Morgan fingerprint density at radius 3 is 2.46 bits per heavy atom. The van der Waals surface area contributed by atoms with Crippen molar-refractivity contribution in [3.05, 3.63) is 69.4 Å². The molecule has 0 aromatic rings. The number of hydrogen-bond donors (Lipinski definition) is 0. The zero-order valence-electron chi connectivity index (χ0n) is 16.2. The molecule has 0 heterocycles. The van der Waals surface area contributed by atoms with Crippen molar-refractivity contribution in [1.29, 1.82) is 0 Å². The van der Waals surface area contributed by atoms with Gasteiger partial charge in [0.25, 0.3) is 0 Å². The molecule has 0 bridgehead atoms. The number of hydrogen-bond acceptors (Lipinski definition) is 0. The van der Waals surface area contributed by atoms with Crippen molar-refractivity contribution in [3.8, 4) is 0 Å². The van der Waals surface area contributed by atoms with Gasteiger partial charge in [-0.1, -0.05) is 0 Å². The molecule has 0 N–H and O–H groups in total. The molecule has 1 atom stereocenters. The van der Waals surface area contributed by atoms with Crippen LogP contribution < -0.4 is 0 Å². The number of allylic oxidation sites excluding steroid dienone is 12. The molecule has 0 radical (unpaired) electrons. The van der Waals surface area contributed by atoms with Gasteiger partial charge in [0.05, 0.1) is 0 Å². The van der Waals surface area contributed by atoms with Crippen LogP contribution >= 0.6 is 17.2 Å². The first-order valence-electron chi connectivity index (χ1n) is 9.77. The van der Waals surface area contributed by atoms with E-state index in [-0.39, 0.29) is 8.59 Å². The SMILES string of the molecule is CCCC1=C(C)C2=C(C=CC3=C(CC3)C2(C)C)[C]1(C1=CC=CC1)[Hf]([Cl])[Cl]. The van der Waals surface area contributed by atoms with E-state index in [2.05, 4.69) is 58.1 Å². The molecule has 0 fully saturated rings. The zero-order chi connectivity index (χ0) is 18.7. The molecular weight excluding hydrogens is 526 g/mol. The summed E-state index contributed by atoms with van der Waals surface area (Å²) in [5.41, 5.74) is 10.7. The van der Waals surface area contributed by atoms with Gasteiger partial charge in [0.1, 0.15) is 0 Å². The van der Waals surface area contributed by atoms with E-state index in [9.17, 15) is 0 Å². The average molecular weight is 553 g/mol. The fourth-order valence-corrected chi connectivity index (χ4v) is 16.2. The van der Waals surface area contributed by atoms with Crippen LogP contribution in [0, 0.1) is 5.41 Å². The van der Waals surface area contributed by atoms with E-state index in [0.29, 0.717) is 0 Å². The van der Waals surface area contributed by atoms with Crippen molar-refractivity contribution in [2.24, 2.45) is 5.41 Å². The average Bonchev–Trinajstić information content (AvgIpc) is 3.11. The van der Waals surface area contributed by atoms with Gasteiger partial charge in [-0.05, 0) is 0 Å². The Balaban J connectivity index is 2.03.